The van der Waals surface area contributed by atoms with Gasteiger partial charge in [0.05, 0.1) is 12.2 Å². The van der Waals surface area contributed by atoms with Gasteiger partial charge in [-0.25, -0.2) is 8.98 Å². The van der Waals surface area contributed by atoms with E-state index in [4.69, 9.17) is 13.5 Å². The minimum absolute atomic E-state index is 0.0212. The van der Waals surface area contributed by atoms with Gasteiger partial charge in [-0.1, -0.05) is 69.2 Å². The van der Waals surface area contributed by atoms with E-state index in [1.165, 1.54) is 37.1 Å². The Morgan fingerprint density at radius 1 is 1.19 bits per heavy atom. The SMILES string of the molecule is CCCCCC=CC=CC=CC(O)C(C)C(CC=CC1OC(=O)C=CC1O)OS(=O)(=O)O. The van der Waals surface area contributed by atoms with E-state index in [-0.39, 0.29) is 6.42 Å². The molecule has 5 atom stereocenters. The molecule has 3 N–H and O–H groups in total. The number of hydrogen-bond donors (Lipinski definition) is 3. The van der Waals surface area contributed by atoms with Crippen LogP contribution in [0.5, 0.6) is 0 Å². The Balaban J connectivity index is 2.67. The number of ether oxygens (including phenoxy) is 1. The van der Waals surface area contributed by atoms with Crippen LogP contribution in [-0.2, 0) is 24.1 Å². The fraction of sp³-hybridized carbons (Fsp3) is 0.522. The Morgan fingerprint density at radius 2 is 1.91 bits per heavy atom. The second kappa shape index (κ2) is 14.9. The molecule has 1 aliphatic rings. The maximum absolute atomic E-state index is 11.3. The molecular weight excluding hydrogens is 436 g/mol. The van der Waals surface area contributed by atoms with Gasteiger partial charge in [-0.05, 0) is 31.4 Å². The summed E-state index contributed by atoms with van der Waals surface area (Å²) in [6, 6.07) is 0. The highest BCUT2D eigenvalue weighted by Crippen LogP contribution is 2.20. The van der Waals surface area contributed by atoms with E-state index >= 15 is 0 Å². The Hall–Kier alpha value is -2.04. The van der Waals surface area contributed by atoms with Crippen LogP contribution >= 0.6 is 0 Å². The average Bonchev–Trinajstić information content (AvgIpc) is 2.72. The first kappa shape index (κ1) is 28.0. The van der Waals surface area contributed by atoms with E-state index < -0.39 is 46.7 Å². The van der Waals surface area contributed by atoms with E-state index in [2.05, 4.69) is 13.0 Å². The van der Waals surface area contributed by atoms with Gasteiger partial charge in [-0.2, -0.15) is 8.42 Å². The number of esters is 1. The van der Waals surface area contributed by atoms with Gasteiger partial charge >= 0.3 is 16.4 Å². The molecule has 8 nitrogen and oxygen atoms in total. The monoisotopic (exact) mass is 470 g/mol. The van der Waals surface area contributed by atoms with Gasteiger partial charge in [0.15, 0.2) is 0 Å². The first-order valence-electron chi connectivity index (χ1n) is 10.7. The summed E-state index contributed by atoms with van der Waals surface area (Å²) in [7, 11) is -4.76. The molecule has 9 heteroatoms. The lowest BCUT2D eigenvalue weighted by molar-refractivity contribution is -0.146. The number of aliphatic hydroxyl groups excluding tert-OH is 2. The number of carbonyl (C=O) groups excluding carboxylic acids is 1. The topological polar surface area (TPSA) is 130 Å². The molecule has 32 heavy (non-hydrogen) atoms. The van der Waals surface area contributed by atoms with Crippen LogP contribution in [-0.4, -0.2) is 53.6 Å². The predicted octanol–water partition coefficient (Wildman–Crippen LogP) is 3.21. The summed E-state index contributed by atoms with van der Waals surface area (Å²) in [6.07, 6.45) is 16.4. The van der Waals surface area contributed by atoms with Crippen molar-refractivity contribution >= 4 is 16.4 Å². The number of allylic oxidation sites excluding steroid dienone is 5. The number of carbonyl (C=O) groups is 1. The zero-order chi connectivity index (χ0) is 24.0. The molecule has 0 aliphatic carbocycles. The Morgan fingerprint density at radius 3 is 2.59 bits per heavy atom. The summed E-state index contributed by atoms with van der Waals surface area (Å²) in [5.74, 6) is -1.30. The number of cyclic esters (lactones) is 1. The zero-order valence-corrected chi connectivity index (χ0v) is 19.3. The van der Waals surface area contributed by atoms with Crippen LogP contribution in [0, 0.1) is 5.92 Å². The smallest absolute Gasteiger partial charge is 0.397 e. The Bertz CT molecular complexity index is 810. The normalized spacial score (nSPS) is 22.8. The fourth-order valence-electron chi connectivity index (χ4n) is 2.92. The minimum Gasteiger partial charge on any atom is -0.452 e. The molecule has 1 heterocycles. The van der Waals surface area contributed by atoms with Crippen LogP contribution < -0.4 is 0 Å². The molecule has 0 aromatic carbocycles. The number of unbranched alkanes of at least 4 members (excludes halogenated alkanes) is 3. The maximum Gasteiger partial charge on any atom is 0.397 e. The van der Waals surface area contributed by atoms with Gasteiger partial charge < -0.3 is 14.9 Å². The first-order chi connectivity index (χ1) is 15.1. The molecule has 0 aromatic heterocycles. The van der Waals surface area contributed by atoms with E-state index in [1.54, 1.807) is 19.1 Å². The fourth-order valence-corrected chi connectivity index (χ4v) is 3.48. The Labute approximate surface area is 190 Å². The number of hydrogen-bond acceptors (Lipinski definition) is 7. The third-order valence-corrected chi connectivity index (χ3v) is 5.33. The van der Waals surface area contributed by atoms with Gasteiger partial charge in [0.25, 0.3) is 0 Å². The van der Waals surface area contributed by atoms with Gasteiger partial charge in [0.2, 0.25) is 0 Å². The van der Waals surface area contributed by atoms with Crippen LogP contribution in [0.4, 0.5) is 0 Å². The summed E-state index contributed by atoms with van der Waals surface area (Å²) in [4.78, 5) is 11.3. The second-order valence-corrected chi connectivity index (χ2v) is 8.57. The van der Waals surface area contributed by atoms with E-state index in [9.17, 15) is 23.4 Å². The van der Waals surface area contributed by atoms with Gasteiger partial charge in [0, 0.05) is 12.0 Å². The quantitative estimate of drug-likeness (QED) is 0.116. The summed E-state index contributed by atoms with van der Waals surface area (Å²) in [5.41, 5.74) is 0. The predicted molar refractivity (Wildman–Crippen MR) is 122 cm³/mol. The van der Waals surface area contributed by atoms with Crippen molar-refractivity contribution in [3.05, 3.63) is 60.8 Å². The molecule has 0 radical (unpaired) electrons. The van der Waals surface area contributed by atoms with Crippen LogP contribution in [0.3, 0.4) is 0 Å². The molecule has 1 aliphatic heterocycles. The molecule has 180 valence electrons. The maximum atomic E-state index is 11.3. The third kappa shape index (κ3) is 12.1. The second-order valence-electron chi connectivity index (χ2n) is 7.52. The van der Waals surface area contributed by atoms with Gasteiger partial charge in [-0.3, -0.25) is 4.55 Å². The third-order valence-electron chi connectivity index (χ3n) is 4.83. The molecule has 0 saturated heterocycles. The first-order valence-corrected chi connectivity index (χ1v) is 12.1. The summed E-state index contributed by atoms with van der Waals surface area (Å²) in [5, 5.41) is 20.2. The standard InChI is InChI=1S/C23H34O8S/c1-3-4-5-6-7-8-9-10-11-13-19(24)18(2)21(31-32(27,28)29)14-12-15-22-20(25)16-17-23(26)30-22/h7-13,15-22,24-25H,3-6,14H2,1-2H3,(H,27,28,29). The van der Waals surface area contributed by atoms with Crippen molar-refractivity contribution in [2.75, 3.05) is 0 Å². The van der Waals surface area contributed by atoms with Crippen molar-refractivity contribution in [3.63, 3.8) is 0 Å². The number of aliphatic hydroxyl groups is 2. The molecule has 0 fully saturated rings. The summed E-state index contributed by atoms with van der Waals surface area (Å²) < 4.78 is 41.2. The highest BCUT2D eigenvalue weighted by molar-refractivity contribution is 7.80. The van der Waals surface area contributed by atoms with E-state index in [0.29, 0.717) is 0 Å². The van der Waals surface area contributed by atoms with Gasteiger partial charge in [-0.15, -0.1) is 0 Å². The van der Waals surface area contributed by atoms with Crippen molar-refractivity contribution in [3.8, 4) is 0 Å². The Kier molecular flexibility index (Phi) is 13.0. The van der Waals surface area contributed by atoms with Crippen molar-refractivity contribution in [1.82, 2.24) is 0 Å². The lowest BCUT2D eigenvalue weighted by Crippen LogP contribution is -2.33. The molecule has 0 amide bonds. The van der Waals surface area contributed by atoms with Crippen LogP contribution in [0.1, 0.15) is 46.0 Å². The van der Waals surface area contributed by atoms with Crippen molar-refractivity contribution in [2.24, 2.45) is 5.92 Å². The minimum atomic E-state index is -4.76. The molecule has 0 bridgehead atoms. The van der Waals surface area contributed by atoms with Crippen LogP contribution in [0.15, 0.2) is 60.8 Å². The van der Waals surface area contributed by atoms with Crippen LogP contribution in [0.25, 0.3) is 0 Å². The average molecular weight is 471 g/mol. The van der Waals surface area contributed by atoms with Crippen molar-refractivity contribution < 1.29 is 36.9 Å². The zero-order valence-electron chi connectivity index (χ0n) is 18.5. The highest BCUT2D eigenvalue weighted by Gasteiger charge is 2.28. The molecular formula is C23H34O8S. The van der Waals surface area contributed by atoms with Crippen molar-refractivity contribution in [2.45, 2.75) is 70.4 Å². The lowest BCUT2D eigenvalue weighted by Gasteiger charge is -2.25. The molecule has 0 spiro atoms. The van der Waals surface area contributed by atoms with E-state index in [0.717, 1.165) is 18.9 Å². The largest absolute Gasteiger partial charge is 0.452 e. The highest BCUT2D eigenvalue weighted by atomic mass is 32.3. The molecule has 5 unspecified atom stereocenters. The summed E-state index contributed by atoms with van der Waals surface area (Å²) >= 11 is 0. The number of rotatable bonds is 14. The molecule has 1 rings (SSSR count). The molecule has 0 aromatic rings. The van der Waals surface area contributed by atoms with Gasteiger partial charge in [0.1, 0.15) is 12.2 Å². The lowest BCUT2D eigenvalue weighted by atomic mass is 9.95. The van der Waals surface area contributed by atoms with Crippen molar-refractivity contribution in [1.29, 1.82) is 0 Å². The summed E-state index contributed by atoms with van der Waals surface area (Å²) in [6.45, 7) is 3.73. The van der Waals surface area contributed by atoms with E-state index in [1.807, 2.05) is 12.2 Å². The molecule has 0 saturated carbocycles. The van der Waals surface area contributed by atoms with Crippen LogP contribution in [0.2, 0.25) is 0 Å².